The van der Waals surface area contributed by atoms with E-state index >= 15 is 0 Å². The number of nitrogens with zero attached hydrogens (tertiary/aromatic N) is 2. The van der Waals surface area contributed by atoms with E-state index in [2.05, 4.69) is 11.1 Å². The molecular weight excluding hydrogens is 288 g/mol. The third-order valence-corrected chi connectivity index (χ3v) is 4.99. The molecule has 1 fully saturated rings. The van der Waals surface area contributed by atoms with Crippen LogP contribution in [0.2, 0.25) is 0 Å². The number of hydrogen-bond donors (Lipinski definition) is 0. The minimum Gasteiger partial charge on any atom is -0.271 e. The Hall–Kier alpha value is -2.49. The van der Waals surface area contributed by atoms with Crippen LogP contribution in [0.15, 0.2) is 48.8 Å². The molecular formula is C19H18N2O2. The molecule has 1 saturated carbocycles. The van der Waals surface area contributed by atoms with Crippen molar-refractivity contribution in [3.05, 3.63) is 65.5 Å². The highest BCUT2D eigenvalue weighted by Crippen LogP contribution is 2.37. The minimum absolute atomic E-state index is 0.0126. The Morgan fingerprint density at radius 3 is 2.35 bits per heavy atom. The van der Waals surface area contributed by atoms with E-state index in [1.807, 2.05) is 24.4 Å². The van der Waals surface area contributed by atoms with Crippen LogP contribution in [-0.4, -0.2) is 27.7 Å². The molecule has 2 atom stereocenters. The number of benzene rings is 1. The van der Waals surface area contributed by atoms with Crippen molar-refractivity contribution in [1.29, 1.82) is 0 Å². The lowest BCUT2D eigenvalue weighted by molar-refractivity contribution is 0.0539. The van der Waals surface area contributed by atoms with E-state index in [0.717, 1.165) is 25.7 Å². The van der Waals surface area contributed by atoms with Crippen LogP contribution in [0.25, 0.3) is 0 Å². The molecule has 0 N–H and O–H groups in total. The van der Waals surface area contributed by atoms with Crippen LogP contribution in [-0.2, 0) is 0 Å². The average molecular weight is 306 g/mol. The molecule has 0 saturated heterocycles. The van der Waals surface area contributed by atoms with Crippen LogP contribution in [0.1, 0.15) is 57.9 Å². The van der Waals surface area contributed by atoms with Crippen molar-refractivity contribution >= 4 is 11.8 Å². The summed E-state index contributed by atoms with van der Waals surface area (Å²) in [6.07, 6.45) is 7.51. The Kier molecular flexibility index (Phi) is 3.45. The molecule has 0 unspecified atom stereocenters. The van der Waals surface area contributed by atoms with Gasteiger partial charge in [0, 0.05) is 18.4 Å². The molecule has 4 heteroatoms. The van der Waals surface area contributed by atoms with Crippen LogP contribution in [0.3, 0.4) is 0 Å². The first kappa shape index (κ1) is 14.1. The van der Waals surface area contributed by atoms with Crippen molar-refractivity contribution in [3.63, 3.8) is 0 Å². The van der Waals surface area contributed by atoms with Gasteiger partial charge in [0.2, 0.25) is 0 Å². The highest BCUT2D eigenvalue weighted by atomic mass is 16.2. The Labute approximate surface area is 135 Å². The number of pyridine rings is 1. The van der Waals surface area contributed by atoms with E-state index in [4.69, 9.17) is 0 Å². The van der Waals surface area contributed by atoms with Crippen LogP contribution in [0.5, 0.6) is 0 Å². The molecule has 2 amide bonds. The fraction of sp³-hybridized carbons (Fsp3) is 0.316. The first-order valence-corrected chi connectivity index (χ1v) is 8.12. The normalized spacial score (nSPS) is 23.9. The van der Waals surface area contributed by atoms with Gasteiger partial charge in [0.15, 0.2) is 0 Å². The van der Waals surface area contributed by atoms with Gasteiger partial charge in [-0.15, -0.1) is 0 Å². The fourth-order valence-electron chi connectivity index (χ4n) is 3.86. The molecule has 1 aromatic heterocycles. The van der Waals surface area contributed by atoms with Gasteiger partial charge in [-0.1, -0.05) is 24.6 Å². The number of hydrogen-bond acceptors (Lipinski definition) is 3. The number of carbonyl (C=O) groups is 2. The largest absolute Gasteiger partial charge is 0.271 e. The molecule has 0 spiro atoms. The van der Waals surface area contributed by atoms with Crippen molar-refractivity contribution in [2.75, 3.05) is 0 Å². The summed E-state index contributed by atoms with van der Waals surface area (Å²) in [5, 5.41) is 0. The van der Waals surface area contributed by atoms with Crippen molar-refractivity contribution in [3.8, 4) is 0 Å². The molecule has 1 aliphatic heterocycles. The number of amides is 2. The Morgan fingerprint density at radius 1 is 0.957 bits per heavy atom. The number of fused-ring (bicyclic) bond motifs is 1. The van der Waals surface area contributed by atoms with Crippen molar-refractivity contribution in [1.82, 2.24) is 9.88 Å². The maximum absolute atomic E-state index is 12.6. The first-order valence-electron chi connectivity index (χ1n) is 8.12. The standard InChI is InChI=1S/C19H18N2O2/c22-18-16-8-1-2-9-17(16)19(23)21(18)15-7-3-5-13(11-15)14-6-4-10-20-12-14/h1-2,4,6,8-10,12-13,15H,3,5,7,11H2/t13-,15+/m0/s1. The van der Waals surface area contributed by atoms with Crippen LogP contribution >= 0.6 is 0 Å². The second kappa shape index (κ2) is 5.61. The molecule has 4 nitrogen and oxygen atoms in total. The molecule has 2 heterocycles. The van der Waals surface area contributed by atoms with E-state index in [0.29, 0.717) is 17.0 Å². The zero-order valence-electron chi connectivity index (χ0n) is 12.8. The molecule has 116 valence electrons. The third kappa shape index (κ3) is 2.34. The number of aromatic nitrogens is 1. The SMILES string of the molecule is O=C1c2ccccc2C(=O)N1[C@@H]1CCC[C@H](c2cccnc2)C1. The van der Waals surface area contributed by atoms with Crippen molar-refractivity contribution in [2.45, 2.75) is 37.6 Å². The molecule has 0 radical (unpaired) electrons. The van der Waals surface area contributed by atoms with Crippen LogP contribution < -0.4 is 0 Å². The summed E-state index contributed by atoms with van der Waals surface area (Å²) in [4.78, 5) is 31.0. The van der Waals surface area contributed by atoms with Crippen molar-refractivity contribution in [2.24, 2.45) is 0 Å². The van der Waals surface area contributed by atoms with E-state index in [1.165, 1.54) is 10.5 Å². The third-order valence-electron chi connectivity index (χ3n) is 4.99. The highest BCUT2D eigenvalue weighted by Gasteiger charge is 2.41. The molecule has 4 rings (SSSR count). The summed E-state index contributed by atoms with van der Waals surface area (Å²) in [5.41, 5.74) is 2.29. The second-order valence-electron chi connectivity index (χ2n) is 6.33. The first-order chi connectivity index (χ1) is 11.3. The number of carbonyl (C=O) groups excluding carboxylic acids is 2. The van der Waals surface area contributed by atoms with Crippen LogP contribution in [0, 0.1) is 0 Å². The van der Waals surface area contributed by atoms with E-state index in [-0.39, 0.29) is 17.9 Å². The molecule has 2 aliphatic rings. The zero-order valence-corrected chi connectivity index (χ0v) is 12.8. The van der Waals surface area contributed by atoms with Gasteiger partial charge in [-0.2, -0.15) is 0 Å². The van der Waals surface area contributed by atoms with Gasteiger partial charge in [0.1, 0.15) is 0 Å². The lowest BCUT2D eigenvalue weighted by Gasteiger charge is -2.34. The maximum Gasteiger partial charge on any atom is 0.261 e. The predicted molar refractivity (Wildman–Crippen MR) is 86.2 cm³/mol. The summed E-state index contributed by atoms with van der Waals surface area (Å²) in [6.45, 7) is 0. The summed E-state index contributed by atoms with van der Waals surface area (Å²) in [7, 11) is 0. The Morgan fingerprint density at radius 2 is 1.70 bits per heavy atom. The highest BCUT2D eigenvalue weighted by molar-refractivity contribution is 6.21. The summed E-state index contributed by atoms with van der Waals surface area (Å²) in [6, 6.07) is 11.1. The van der Waals surface area contributed by atoms with Gasteiger partial charge < -0.3 is 0 Å². The monoisotopic (exact) mass is 306 g/mol. The average Bonchev–Trinajstić information content (AvgIpc) is 2.87. The van der Waals surface area contributed by atoms with Gasteiger partial charge in [-0.05, 0) is 48.9 Å². The van der Waals surface area contributed by atoms with E-state index in [9.17, 15) is 9.59 Å². The molecule has 0 bridgehead atoms. The smallest absolute Gasteiger partial charge is 0.261 e. The van der Waals surface area contributed by atoms with Crippen molar-refractivity contribution < 1.29 is 9.59 Å². The van der Waals surface area contributed by atoms with E-state index in [1.54, 1.807) is 18.3 Å². The molecule has 2 aromatic rings. The molecule has 23 heavy (non-hydrogen) atoms. The number of imide groups is 1. The summed E-state index contributed by atoms with van der Waals surface area (Å²) in [5.74, 6) is 0.0941. The Balaban J connectivity index is 1.59. The topological polar surface area (TPSA) is 50.3 Å². The summed E-state index contributed by atoms with van der Waals surface area (Å²) >= 11 is 0. The van der Waals surface area contributed by atoms with Gasteiger partial charge in [0.25, 0.3) is 11.8 Å². The number of rotatable bonds is 2. The minimum atomic E-state index is -0.137. The molecule has 1 aromatic carbocycles. The van der Waals surface area contributed by atoms with Gasteiger partial charge >= 0.3 is 0 Å². The van der Waals surface area contributed by atoms with Crippen LogP contribution in [0.4, 0.5) is 0 Å². The van der Waals surface area contributed by atoms with Gasteiger partial charge in [-0.3, -0.25) is 19.5 Å². The lowest BCUT2D eigenvalue weighted by Crippen LogP contribution is -2.42. The molecule has 1 aliphatic carbocycles. The lowest BCUT2D eigenvalue weighted by atomic mass is 9.81. The predicted octanol–water partition coefficient (Wildman–Crippen LogP) is 3.40. The van der Waals surface area contributed by atoms with Gasteiger partial charge in [-0.25, -0.2) is 0 Å². The quantitative estimate of drug-likeness (QED) is 0.799. The second-order valence-corrected chi connectivity index (χ2v) is 6.33. The fourth-order valence-corrected chi connectivity index (χ4v) is 3.86. The summed E-state index contributed by atoms with van der Waals surface area (Å²) < 4.78 is 0. The Bertz CT molecular complexity index is 722. The maximum atomic E-state index is 12.6. The van der Waals surface area contributed by atoms with E-state index < -0.39 is 0 Å². The van der Waals surface area contributed by atoms with Gasteiger partial charge in [0.05, 0.1) is 11.1 Å². The zero-order chi connectivity index (χ0) is 15.8.